The lowest BCUT2D eigenvalue weighted by atomic mass is 9.91. The molecule has 1 aromatic rings. The van der Waals surface area contributed by atoms with Gasteiger partial charge < -0.3 is 9.29 Å². The van der Waals surface area contributed by atoms with Crippen LogP contribution in [0, 0.1) is 0 Å². The third kappa shape index (κ3) is 15.2. The highest BCUT2D eigenvalue weighted by atomic mass is 32.3. The Morgan fingerprint density at radius 2 is 1.46 bits per heavy atom. The summed E-state index contributed by atoms with van der Waals surface area (Å²) in [5.74, 6) is 0.573. The van der Waals surface area contributed by atoms with E-state index in [1.54, 1.807) is 0 Å². The van der Waals surface area contributed by atoms with E-state index in [2.05, 4.69) is 36.4 Å². The van der Waals surface area contributed by atoms with Crippen molar-refractivity contribution in [3.63, 3.8) is 0 Å². The molecule has 1 aliphatic carbocycles. The summed E-state index contributed by atoms with van der Waals surface area (Å²) in [5, 5.41) is 0. The van der Waals surface area contributed by atoms with Crippen molar-refractivity contribution < 1.29 is 31.2 Å². The van der Waals surface area contributed by atoms with Crippen molar-refractivity contribution in [2.45, 2.75) is 122 Å². The van der Waals surface area contributed by atoms with Crippen molar-refractivity contribution in [2.24, 2.45) is 0 Å². The maximum atomic E-state index is 12.2. The number of esters is 1. The first-order valence-electron chi connectivity index (χ1n) is 15.4. The summed E-state index contributed by atoms with van der Waals surface area (Å²) in [6.07, 6.45) is 19.8. The number of benzene rings is 1. The first-order chi connectivity index (χ1) is 18.7. The van der Waals surface area contributed by atoms with E-state index in [4.69, 9.17) is 4.74 Å². The number of unbranched alkanes of at least 4 members (excludes halogenated alkanes) is 9. The fraction of sp³-hybridized carbons (Fsp3) is 0.774. The molecule has 0 aromatic heterocycles. The number of nitrogens with zero attached hydrogens (tertiary/aromatic N) is 1. The Hall–Kier alpha value is -1.48. The Balaban J connectivity index is 0.000000285. The molecule has 0 unspecified atom stereocenters. The van der Waals surface area contributed by atoms with Crippen molar-refractivity contribution in [3.05, 3.63) is 35.4 Å². The van der Waals surface area contributed by atoms with Crippen LogP contribution >= 0.6 is 0 Å². The van der Waals surface area contributed by atoms with Crippen molar-refractivity contribution >= 4 is 16.4 Å². The minimum atomic E-state index is -4.48. The van der Waals surface area contributed by atoms with Crippen molar-refractivity contribution in [2.75, 3.05) is 33.5 Å². The van der Waals surface area contributed by atoms with Gasteiger partial charge in [-0.15, -0.1) is 0 Å². The van der Waals surface area contributed by atoms with E-state index in [-0.39, 0.29) is 12.6 Å². The molecule has 224 valence electrons. The maximum Gasteiger partial charge on any atom is 0.314 e. The zero-order chi connectivity index (χ0) is 28.4. The molecular weight excluding hydrogens is 514 g/mol. The average Bonchev–Trinajstić information content (AvgIpc) is 3.59. The van der Waals surface area contributed by atoms with Gasteiger partial charge in [0.05, 0.1) is 33.2 Å². The number of ether oxygens (including phenoxy) is 1. The van der Waals surface area contributed by atoms with E-state index in [1.165, 1.54) is 94.6 Å². The molecule has 39 heavy (non-hydrogen) atoms. The van der Waals surface area contributed by atoms with Crippen LogP contribution in [0.4, 0.5) is 0 Å². The summed E-state index contributed by atoms with van der Waals surface area (Å²) >= 11 is 0. The molecule has 1 aromatic carbocycles. The smallest absolute Gasteiger partial charge is 0.314 e. The molecule has 0 bridgehead atoms. The van der Waals surface area contributed by atoms with E-state index >= 15 is 0 Å². The van der Waals surface area contributed by atoms with Crippen LogP contribution < -0.4 is 0 Å². The molecular formula is C31H53NO6S. The molecule has 2 aliphatic rings. The highest BCUT2D eigenvalue weighted by Gasteiger charge is 2.28. The lowest BCUT2D eigenvalue weighted by molar-refractivity contribution is -0.914. The topological polar surface area (TPSA) is 92.7 Å². The SMILES string of the molecule is CCCCCCCCCCCCOS(=O)(=O)[O-].C[N+]1(COC(=O)Cc2ccccc2C2CCCC2)CCCC1. The van der Waals surface area contributed by atoms with Gasteiger partial charge in [-0.3, -0.25) is 13.5 Å². The molecule has 7 nitrogen and oxygen atoms in total. The number of likely N-dealkylation sites (tertiary alicyclic amines) is 1. The number of hydrogen-bond acceptors (Lipinski definition) is 6. The largest absolute Gasteiger partial charge is 0.726 e. The van der Waals surface area contributed by atoms with Crippen LogP contribution in [0.1, 0.15) is 127 Å². The van der Waals surface area contributed by atoms with Gasteiger partial charge in [0.2, 0.25) is 17.1 Å². The van der Waals surface area contributed by atoms with Gasteiger partial charge >= 0.3 is 5.97 Å². The molecule has 0 amide bonds. The van der Waals surface area contributed by atoms with Crippen LogP contribution in [0.5, 0.6) is 0 Å². The van der Waals surface area contributed by atoms with Crippen LogP contribution in [0.2, 0.25) is 0 Å². The number of quaternary nitrogens is 1. The normalized spacial score (nSPS) is 17.1. The third-order valence-corrected chi connectivity index (χ3v) is 8.55. The average molecular weight is 568 g/mol. The molecule has 0 N–H and O–H groups in total. The van der Waals surface area contributed by atoms with Gasteiger partial charge in [0.25, 0.3) is 0 Å². The Labute approximate surface area is 238 Å². The quantitative estimate of drug-likeness (QED) is 0.0661. The predicted molar refractivity (Wildman–Crippen MR) is 155 cm³/mol. The van der Waals surface area contributed by atoms with Crippen LogP contribution in [-0.2, 0) is 30.5 Å². The van der Waals surface area contributed by atoms with Crippen molar-refractivity contribution in [1.82, 2.24) is 0 Å². The Morgan fingerprint density at radius 3 is 2.05 bits per heavy atom. The lowest BCUT2D eigenvalue weighted by Crippen LogP contribution is -2.43. The highest BCUT2D eigenvalue weighted by Crippen LogP contribution is 2.36. The minimum Gasteiger partial charge on any atom is -0.726 e. The monoisotopic (exact) mass is 567 g/mol. The van der Waals surface area contributed by atoms with Crippen LogP contribution in [0.15, 0.2) is 24.3 Å². The molecule has 2 fully saturated rings. The summed E-state index contributed by atoms with van der Waals surface area (Å²) < 4.78 is 40.9. The molecule has 8 heteroatoms. The molecule has 0 radical (unpaired) electrons. The van der Waals surface area contributed by atoms with Gasteiger partial charge in [-0.25, -0.2) is 8.42 Å². The number of hydrogen-bond donors (Lipinski definition) is 0. The Morgan fingerprint density at radius 1 is 0.897 bits per heavy atom. The summed E-state index contributed by atoms with van der Waals surface area (Å²) in [4.78, 5) is 12.2. The predicted octanol–water partition coefficient (Wildman–Crippen LogP) is 7.01. The molecule has 1 saturated carbocycles. The van der Waals surface area contributed by atoms with Gasteiger partial charge in [-0.1, -0.05) is 102 Å². The zero-order valence-corrected chi connectivity index (χ0v) is 25.4. The summed E-state index contributed by atoms with van der Waals surface area (Å²) in [6, 6.07) is 8.43. The van der Waals surface area contributed by atoms with E-state index < -0.39 is 10.4 Å². The second-order valence-corrected chi connectivity index (χ2v) is 12.7. The minimum absolute atomic E-state index is 0.0301. The van der Waals surface area contributed by atoms with Gasteiger partial charge in [0.15, 0.2) is 0 Å². The van der Waals surface area contributed by atoms with Crippen molar-refractivity contribution in [1.29, 1.82) is 0 Å². The van der Waals surface area contributed by atoms with Gasteiger partial charge in [-0.05, 0) is 36.3 Å². The van der Waals surface area contributed by atoms with Crippen LogP contribution in [-0.4, -0.2) is 56.9 Å². The molecule has 1 aliphatic heterocycles. The zero-order valence-electron chi connectivity index (χ0n) is 24.5. The van der Waals surface area contributed by atoms with Gasteiger partial charge in [0, 0.05) is 12.8 Å². The molecule has 0 spiro atoms. The molecule has 0 atom stereocenters. The van der Waals surface area contributed by atoms with Crippen LogP contribution in [0.3, 0.4) is 0 Å². The van der Waals surface area contributed by atoms with E-state index in [0.29, 0.717) is 25.5 Å². The fourth-order valence-corrected chi connectivity index (χ4v) is 6.07. The van der Waals surface area contributed by atoms with Crippen LogP contribution in [0.25, 0.3) is 0 Å². The lowest BCUT2D eigenvalue weighted by Gasteiger charge is -2.28. The second kappa shape index (κ2) is 18.8. The Kier molecular flexibility index (Phi) is 16.2. The fourth-order valence-electron chi connectivity index (χ4n) is 5.74. The second-order valence-electron chi connectivity index (χ2n) is 11.7. The standard InChI is InChI=1S/C19H28NO2.C12H26O4S/c1-20(12-6-7-13-20)15-22-19(21)14-17-10-4-5-11-18(17)16-8-2-3-9-16;1-2-3-4-5-6-7-8-9-10-11-12-16-17(13,14)15/h4-5,10-11,16H,2-3,6-9,12-15H2,1H3;2-12H2,1H3,(H,13,14,15)/q+1;/p-1. The Bertz CT molecular complexity index is 907. The van der Waals surface area contributed by atoms with E-state index in [9.17, 15) is 17.8 Å². The summed E-state index contributed by atoms with van der Waals surface area (Å²) in [7, 11) is -2.30. The van der Waals surface area contributed by atoms with E-state index in [1.807, 2.05) is 6.07 Å². The number of carbonyl (C=O) groups is 1. The van der Waals surface area contributed by atoms with E-state index in [0.717, 1.165) is 30.4 Å². The van der Waals surface area contributed by atoms with Gasteiger partial charge in [-0.2, -0.15) is 0 Å². The third-order valence-electron chi connectivity index (χ3n) is 8.09. The summed E-state index contributed by atoms with van der Waals surface area (Å²) in [5.41, 5.74) is 2.54. The van der Waals surface area contributed by atoms with Crippen molar-refractivity contribution in [3.8, 4) is 0 Å². The highest BCUT2D eigenvalue weighted by molar-refractivity contribution is 7.80. The number of carbonyl (C=O) groups excluding carboxylic acids is 1. The first kappa shape index (κ1) is 33.7. The first-order valence-corrected chi connectivity index (χ1v) is 16.7. The summed E-state index contributed by atoms with van der Waals surface area (Å²) in [6.45, 7) is 5.04. The van der Waals surface area contributed by atoms with Gasteiger partial charge in [0.1, 0.15) is 0 Å². The molecule has 1 heterocycles. The molecule has 3 rings (SSSR count). The number of rotatable bonds is 17. The maximum absolute atomic E-state index is 12.2. The molecule has 1 saturated heterocycles.